The second kappa shape index (κ2) is 5.90. The first-order chi connectivity index (χ1) is 12.0. The smallest absolute Gasteiger partial charge is 0.129 e. The van der Waals surface area contributed by atoms with Crippen LogP contribution in [0.4, 0.5) is 0 Å². The van der Waals surface area contributed by atoms with Crippen molar-refractivity contribution in [1.82, 2.24) is 14.9 Å². The van der Waals surface area contributed by atoms with Gasteiger partial charge in [0.1, 0.15) is 5.60 Å². The summed E-state index contributed by atoms with van der Waals surface area (Å²) in [5.74, 6) is 0. The molecule has 1 aliphatic carbocycles. The first-order valence-corrected chi connectivity index (χ1v) is 8.67. The first-order valence-electron chi connectivity index (χ1n) is 8.30. The van der Waals surface area contributed by atoms with Gasteiger partial charge in [-0.25, -0.2) is 4.98 Å². The molecular formula is C20H20ClN3O. The monoisotopic (exact) mass is 353 g/mol. The number of hydrogen-bond acceptors (Lipinski definition) is 3. The maximum Gasteiger partial charge on any atom is 0.129 e. The van der Waals surface area contributed by atoms with Gasteiger partial charge in [-0.15, -0.1) is 0 Å². The molecule has 5 heteroatoms. The van der Waals surface area contributed by atoms with Crippen LogP contribution in [0, 0.1) is 0 Å². The highest BCUT2D eigenvalue weighted by molar-refractivity contribution is 6.31. The summed E-state index contributed by atoms with van der Waals surface area (Å²) in [5.41, 5.74) is 3.76. The summed E-state index contributed by atoms with van der Waals surface area (Å²) in [6, 6.07) is 8.35. The van der Waals surface area contributed by atoms with Gasteiger partial charge in [-0.05, 0) is 47.8 Å². The second-order valence-corrected chi connectivity index (χ2v) is 7.21. The van der Waals surface area contributed by atoms with E-state index in [0.717, 1.165) is 28.8 Å². The zero-order chi connectivity index (χ0) is 17.6. The van der Waals surface area contributed by atoms with Crippen molar-refractivity contribution in [2.45, 2.75) is 25.0 Å². The fourth-order valence-corrected chi connectivity index (χ4v) is 3.88. The quantitative estimate of drug-likeness (QED) is 0.871. The van der Waals surface area contributed by atoms with Gasteiger partial charge in [0, 0.05) is 13.2 Å². The Hall–Kier alpha value is -2.30. The van der Waals surface area contributed by atoms with Crippen LogP contribution in [0.3, 0.4) is 0 Å². The van der Waals surface area contributed by atoms with Crippen LogP contribution in [0.2, 0.25) is 0 Å². The Morgan fingerprint density at radius 2 is 2.12 bits per heavy atom. The Bertz CT molecular complexity index is 921. The number of imidazole rings is 1. The molecule has 4 nitrogen and oxygen atoms in total. The van der Waals surface area contributed by atoms with Crippen molar-refractivity contribution in [3.05, 3.63) is 82.1 Å². The molecule has 0 radical (unpaired) electrons. The molecule has 128 valence electrons. The Morgan fingerprint density at radius 3 is 2.88 bits per heavy atom. The van der Waals surface area contributed by atoms with Gasteiger partial charge in [0.15, 0.2) is 0 Å². The lowest BCUT2D eigenvalue weighted by atomic mass is 9.82. The molecule has 2 aromatic rings. The Labute approximate surface area is 152 Å². The average molecular weight is 354 g/mol. The van der Waals surface area contributed by atoms with Crippen molar-refractivity contribution in [1.29, 1.82) is 0 Å². The van der Waals surface area contributed by atoms with Crippen molar-refractivity contribution in [2.24, 2.45) is 7.05 Å². The summed E-state index contributed by atoms with van der Waals surface area (Å²) in [5, 5.41) is 15.5. The van der Waals surface area contributed by atoms with Crippen LogP contribution in [0.25, 0.3) is 6.08 Å². The lowest BCUT2D eigenvalue weighted by Gasteiger charge is -2.33. The standard InChI is InChI=1S/C20H20ClN3O/c1-20(25,19-11-22-12-24(19)2)17-7-13-5-3-4-6-14(13)8-18-16(17)9-15(21)10-23-18/h3-7,9-12,18,23,25H,8H2,1-2H3. The van der Waals surface area contributed by atoms with Gasteiger partial charge in [0.25, 0.3) is 0 Å². The number of allylic oxidation sites excluding steroid dienone is 2. The van der Waals surface area contributed by atoms with E-state index in [9.17, 15) is 5.11 Å². The molecule has 2 aliphatic rings. The largest absolute Gasteiger partial charge is 0.383 e. The van der Waals surface area contributed by atoms with Crippen LogP contribution >= 0.6 is 11.6 Å². The summed E-state index contributed by atoms with van der Waals surface area (Å²) in [6.07, 6.45) is 10.1. The average Bonchev–Trinajstić information content (AvgIpc) is 2.94. The van der Waals surface area contributed by atoms with Crippen LogP contribution in [0.1, 0.15) is 23.7 Å². The molecular weight excluding hydrogens is 334 g/mol. The maximum atomic E-state index is 11.5. The van der Waals surface area contributed by atoms with Gasteiger partial charge < -0.3 is 15.0 Å². The van der Waals surface area contributed by atoms with Crippen LogP contribution in [-0.2, 0) is 19.1 Å². The van der Waals surface area contributed by atoms with E-state index in [1.54, 1.807) is 12.5 Å². The minimum atomic E-state index is -1.19. The van der Waals surface area contributed by atoms with E-state index < -0.39 is 5.60 Å². The lowest BCUT2D eigenvalue weighted by Crippen LogP contribution is -2.36. The van der Waals surface area contributed by atoms with Gasteiger partial charge in [-0.2, -0.15) is 0 Å². The minimum absolute atomic E-state index is 0.0668. The highest BCUT2D eigenvalue weighted by Gasteiger charge is 2.37. The molecule has 4 rings (SSSR count). The molecule has 1 aromatic carbocycles. The van der Waals surface area contributed by atoms with E-state index in [1.165, 1.54) is 5.56 Å². The fraction of sp³-hybridized carbons (Fsp3) is 0.250. The number of aryl methyl sites for hydroxylation is 1. The first kappa shape index (κ1) is 16.2. The molecule has 2 unspecified atom stereocenters. The summed E-state index contributed by atoms with van der Waals surface area (Å²) in [6.45, 7) is 1.81. The van der Waals surface area contributed by atoms with Crippen LogP contribution in [0.5, 0.6) is 0 Å². The van der Waals surface area contributed by atoms with Crippen molar-refractivity contribution in [2.75, 3.05) is 0 Å². The zero-order valence-electron chi connectivity index (χ0n) is 14.2. The molecule has 0 fully saturated rings. The molecule has 1 aliphatic heterocycles. The van der Waals surface area contributed by atoms with E-state index in [-0.39, 0.29) is 6.04 Å². The topological polar surface area (TPSA) is 50.1 Å². The third-order valence-corrected chi connectivity index (χ3v) is 5.24. The number of aromatic nitrogens is 2. The number of benzene rings is 1. The number of nitrogens with zero attached hydrogens (tertiary/aromatic N) is 2. The van der Waals surface area contributed by atoms with E-state index >= 15 is 0 Å². The van der Waals surface area contributed by atoms with E-state index in [4.69, 9.17) is 11.6 Å². The van der Waals surface area contributed by atoms with Crippen molar-refractivity contribution < 1.29 is 5.11 Å². The molecule has 0 saturated heterocycles. The summed E-state index contributed by atoms with van der Waals surface area (Å²) in [4.78, 5) is 4.17. The highest BCUT2D eigenvalue weighted by atomic mass is 35.5. The minimum Gasteiger partial charge on any atom is -0.383 e. The maximum absolute atomic E-state index is 11.5. The molecule has 2 atom stereocenters. The van der Waals surface area contributed by atoms with Gasteiger partial charge in [-0.3, -0.25) is 0 Å². The number of aliphatic hydroxyl groups is 1. The summed E-state index contributed by atoms with van der Waals surface area (Å²) < 4.78 is 1.85. The molecule has 2 N–H and O–H groups in total. The van der Waals surface area contributed by atoms with E-state index in [1.807, 2.05) is 42.9 Å². The number of dihydropyridines is 1. The van der Waals surface area contributed by atoms with Crippen molar-refractivity contribution in [3.8, 4) is 0 Å². The van der Waals surface area contributed by atoms with Gasteiger partial charge in [-0.1, -0.05) is 35.9 Å². The molecule has 0 amide bonds. The van der Waals surface area contributed by atoms with Crippen molar-refractivity contribution in [3.63, 3.8) is 0 Å². The fourth-order valence-electron chi connectivity index (χ4n) is 3.70. The number of halogens is 1. The second-order valence-electron chi connectivity index (χ2n) is 6.77. The third kappa shape index (κ3) is 2.71. The van der Waals surface area contributed by atoms with Gasteiger partial charge >= 0.3 is 0 Å². The highest BCUT2D eigenvalue weighted by Crippen LogP contribution is 2.40. The molecule has 0 saturated carbocycles. The number of fused-ring (bicyclic) bond motifs is 2. The SMILES string of the molecule is Cn1cncc1C(C)(O)C1=Cc2ccccc2CC2NC=C(Cl)C=C12. The van der Waals surface area contributed by atoms with Crippen LogP contribution < -0.4 is 5.32 Å². The number of rotatable bonds is 2. The predicted molar refractivity (Wildman–Crippen MR) is 99.8 cm³/mol. The Kier molecular flexibility index (Phi) is 3.82. The molecule has 25 heavy (non-hydrogen) atoms. The summed E-state index contributed by atoms with van der Waals surface area (Å²) in [7, 11) is 1.89. The van der Waals surface area contributed by atoms with Crippen LogP contribution in [-0.4, -0.2) is 20.7 Å². The Balaban J connectivity index is 1.94. The normalized spacial score (nSPS) is 21.6. The van der Waals surface area contributed by atoms with Crippen molar-refractivity contribution >= 4 is 17.7 Å². The summed E-state index contributed by atoms with van der Waals surface area (Å²) >= 11 is 6.27. The van der Waals surface area contributed by atoms with Gasteiger partial charge in [0.05, 0.1) is 29.3 Å². The molecule has 0 bridgehead atoms. The van der Waals surface area contributed by atoms with Gasteiger partial charge in [0.2, 0.25) is 0 Å². The molecule has 1 aromatic heterocycles. The van der Waals surface area contributed by atoms with E-state index in [2.05, 4.69) is 28.5 Å². The Morgan fingerprint density at radius 1 is 1.32 bits per heavy atom. The predicted octanol–water partition coefficient (Wildman–Crippen LogP) is 3.25. The molecule has 0 spiro atoms. The molecule has 2 heterocycles. The van der Waals surface area contributed by atoms with E-state index in [0.29, 0.717) is 5.03 Å². The third-order valence-electron chi connectivity index (χ3n) is 5.02. The lowest BCUT2D eigenvalue weighted by molar-refractivity contribution is 0.0920. The number of nitrogens with one attached hydrogen (secondary N) is 1. The number of hydrogen-bond donors (Lipinski definition) is 2. The zero-order valence-corrected chi connectivity index (χ0v) is 15.0. The van der Waals surface area contributed by atoms with Crippen LogP contribution in [0.15, 0.2) is 65.2 Å².